The van der Waals surface area contributed by atoms with Gasteiger partial charge in [0.2, 0.25) is 0 Å². The second-order valence-corrected chi connectivity index (χ2v) is 10.2. The first-order valence-corrected chi connectivity index (χ1v) is 12.6. The zero-order valence-corrected chi connectivity index (χ0v) is 18.4. The van der Waals surface area contributed by atoms with Crippen LogP contribution in [0.15, 0.2) is 70.9 Å². The number of benzene rings is 2. The molecule has 1 aliphatic rings. The van der Waals surface area contributed by atoms with Crippen molar-refractivity contribution < 1.29 is 13.2 Å². The number of anilines is 1. The molecule has 158 valence electrons. The Kier molecular flexibility index (Phi) is 5.43. The van der Waals surface area contributed by atoms with Crippen LogP contribution in [0, 0.1) is 0 Å². The van der Waals surface area contributed by atoms with Crippen molar-refractivity contribution >= 4 is 37.8 Å². The van der Waals surface area contributed by atoms with Gasteiger partial charge in [-0.15, -0.1) is 11.3 Å². The number of morpholine rings is 1. The van der Waals surface area contributed by atoms with Crippen molar-refractivity contribution in [3.05, 3.63) is 71.7 Å². The van der Waals surface area contributed by atoms with Crippen LogP contribution in [-0.4, -0.2) is 44.7 Å². The van der Waals surface area contributed by atoms with E-state index < -0.39 is 9.84 Å². The molecule has 3 heterocycles. The van der Waals surface area contributed by atoms with Gasteiger partial charge in [0, 0.05) is 24.5 Å². The third-order valence-corrected chi connectivity index (χ3v) is 7.93. The zero-order valence-electron chi connectivity index (χ0n) is 16.8. The highest BCUT2D eigenvalue weighted by atomic mass is 32.2. The van der Waals surface area contributed by atoms with E-state index in [4.69, 9.17) is 14.7 Å². The zero-order chi connectivity index (χ0) is 21.3. The monoisotopic (exact) mass is 451 g/mol. The first kappa shape index (κ1) is 20.1. The highest BCUT2D eigenvalue weighted by Gasteiger charge is 2.21. The van der Waals surface area contributed by atoms with E-state index in [1.807, 2.05) is 18.2 Å². The smallest absolute Gasteiger partial charge is 0.184 e. The highest BCUT2D eigenvalue weighted by molar-refractivity contribution is 7.90. The molecule has 2 aromatic carbocycles. The van der Waals surface area contributed by atoms with Gasteiger partial charge in [-0.25, -0.2) is 18.4 Å². The van der Waals surface area contributed by atoms with Gasteiger partial charge in [0.15, 0.2) is 15.7 Å². The molecular formula is C23H21N3O3S2. The number of aromatic nitrogens is 2. The molecule has 0 amide bonds. The molecular weight excluding hydrogens is 430 g/mol. The predicted octanol–water partition coefficient (Wildman–Crippen LogP) is 4.17. The minimum atomic E-state index is -3.52. The van der Waals surface area contributed by atoms with Crippen molar-refractivity contribution in [2.45, 2.75) is 10.6 Å². The molecule has 5 rings (SSSR count). The minimum absolute atomic E-state index is 0.173. The number of fused-ring (bicyclic) bond motifs is 1. The van der Waals surface area contributed by atoms with Gasteiger partial charge in [0.25, 0.3) is 0 Å². The number of hydrogen-bond acceptors (Lipinski definition) is 7. The Hall–Kier alpha value is -2.81. The van der Waals surface area contributed by atoms with Gasteiger partial charge >= 0.3 is 0 Å². The number of rotatable bonds is 5. The maximum absolute atomic E-state index is 13.0. The topological polar surface area (TPSA) is 72.4 Å². The Morgan fingerprint density at radius 2 is 1.71 bits per heavy atom. The van der Waals surface area contributed by atoms with Gasteiger partial charge in [-0.2, -0.15) is 0 Å². The van der Waals surface area contributed by atoms with Crippen LogP contribution in [0.2, 0.25) is 0 Å². The summed E-state index contributed by atoms with van der Waals surface area (Å²) in [6.45, 7) is 2.68. The van der Waals surface area contributed by atoms with Crippen LogP contribution in [0.5, 0.6) is 0 Å². The summed E-state index contributed by atoms with van der Waals surface area (Å²) in [6, 6.07) is 18.4. The molecule has 0 atom stereocenters. The van der Waals surface area contributed by atoms with E-state index in [1.165, 1.54) is 0 Å². The molecule has 0 aliphatic carbocycles. The van der Waals surface area contributed by atoms with Gasteiger partial charge in [-0.1, -0.05) is 42.5 Å². The van der Waals surface area contributed by atoms with Gasteiger partial charge in [-0.3, -0.25) is 0 Å². The average molecular weight is 452 g/mol. The van der Waals surface area contributed by atoms with Gasteiger partial charge < -0.3 is 9.64 Å². The molecule has 6 nitrogen and oxygen atoms in total. The van der Waals surface area contributed by atoms with Crippen molar-refractivity contribution in [3.63, 3.8) is 0 Å². The van der Waals surface area contributed by atoms with Crippen LogP contribution >= 0.6 is 11.3 Å². The summed E-state index contributed by atoms with van der Waals surface area (Å²) in [5.74, 6) is 1.13. The molecule has 31 heavy (non-hydrogen) atoms. The summed E-state index contributed by atoms with van der Waals surface area (Å²) in [7, 11) is -3.52. The van der Waals surface area contributed by atoms with E-state index >= 15 is 0 Å². The Morgan fingerprint density at radius 3 is 2.52 bits per heavy atom. The van der Waals surface area contributed by atoms with E-state index in [9.17, 15) is 8.42 Å². The van der Waals surface area contributed by atoms with Crippen LogP contribution in [0.4, 0.5) is 5.82 Å². The van der Waals surface area contributed by atoms with E-state index in [2.05, 4.69) is 16.3 Å². The molecule has 2 aromatic heterocycles. The van der Waals surface area contributed by atoms with Crippen LogP contribution < -0.4 is 4.90 Å². The van der Waals surface area contributed by atoms with Crippen LogP contribution in [0.25, 0.3) is 21.5 Å². The first-order chi connectivity index (χ1) is 15.1. The Bertz CT molecular complexity index is 1310. The maximum atomic E-state index is 13.0. The molecule has 1 aliphatic heterocycles. The summed E-state index contributed by atoms with van der Waals surface area (Å²) in [5.41, 5.74) is 0.493. The second-order valence-electron chi connectivity index (χ2n) is 7.36. The molecule has 0 bridgehead atoms. The van der Waals surface area contributed by atoms with E-state index in [0.717, 1.165) is 21.5 Å². The predicted molar refractivity (Wildman–Crippen MR) is 123 cm³/mol. The fourth-order valence-corrected chi connectivity index (χ4v) is 5.92. The molecule has 8 heteroatoms. The fourth-order valence-electron chi connectivity index (χ4n) is 3.68. The second kappa shape index (κ2) is 8.37. The number of ether oxygens (including phenoxy) is 1. The lowest BCUT2D eigenvalue weighted by Gasteiger charge is -2.28. The molecule has 4 aromatic rings. The van der Waals surface area contributed by atoms with Gasteiger partial charge in [0.1, 0.15) is 5.82 Å². The van der Waals surface area contributed by atoms with Crippen molar-refractivity contribution in [2.75, 3.05) is 31.2 Å². The Morgan fingerprint density at radius 1 is 0.968 bits per heavy atom. The third-order valence-electron chi connectivity index (χ3n) is 5.25. The van der Waals surface area contributed by atoms with E-state index in [-0.39, 0.29) is 5.75 Å². The van der Waals surface area contributed by atoms with Crippen molar-refractivity contribution in [1.82, 2.24) is 9.97 Å². The largest absolute Gasteiger partial charge is 0.378 e. The van der Waals surface area contributed by atoms with Crippen LogP contribution in [0.1, 0.15) is 5.69 Å². The fraction of sp³-hybridized carbons (Fsp3) is 0.217. The van der Waals surface area contributed by atoms with Gasteiger partial charge in [0.05, 0.1) is 34.4 Å². The lowest BCUT2D eigenvalue weighted by Crippen LogP contribution is -2.37. The summed E-state index contributed by atoms with van der Waals surface area (Å²) >= 11 is 1.58. The van der Waals surface area contributed by atoms with E-state index in [0.29, 0.717) is 42.7 Å². The summed E-state index contributed by atoms with van der Waals surface area (Å²) in [4.78, 5) is 12.9. The van der Waals surface area contributed by atoms with Crippen LogP contribution in [-0.2, 0) is 20.3 Å². The number of nitrogens with zero attached hydrogens (tertiary/aromatic N) is 3. The first-order valence-electron chi connectivity index (χ1n) is 10.1. The molecule has 0 N–H and O–H groups in total. The summed E-state index contributed by atoms with van der Waals surface area (Å²) in [5, 5.41) is 4.28. The molecule has 0 radical (unpaired) electrons. The van der Waals surface area contributed by atoms with Gasteiger partial charge in [-0.05, 0) is 22.9 Å². The maximum Gasteiger partial charge on any atom is 0.184 e. The standard InChI is InChI=1S/C23H21N3O3S2/c27-31(28,19-7-2-1-3-8-19)16-18-14-21(26-10-12-29-13-11-26)25-23(24-18)22-20-9-5-4-6-17(20)15-30-22/h1-9,14-15H,10-13,16H2. The third kappa shape index (κ3) is 4.19. The average Bonchev–Trinajstić information content (AvgIpc) is 3.24. The quantitative estimate of drug-likeness (QED) is 0.454. The lowest BCUT2D eigenvalue weighted by atomic mass is 10.2. The van der Waals surface area contributed by atoms with E-state index in [1.54, 1.807) is 47.7 Å². The van der Waals surface area contributed by atoms with Crippen molar-refractivity contribution in [3.8, 4) is 10.7 Å². The molecule has 0 spiro atoms. The Labute approximate surface area is 185 Å². The number of thiophene rings is 1. The summed E-state index contributed by atoms with van der Waals surface area (Å²) < 4.78 is 31.5. The number of hydrogen-bond donors (Lipinski definition) is 0. The molecule has 0 unspecified atom stereocenters. The highest BCUT2D eigenvalue weighted by Crippen LogP contribution is 2.34. The minimum Gasteiger partial charge on any atom is -0.378 e. The number of sulfone groups is 1. The normalized spacial score (nSPS) is 14.8. The summed E-state index contributed by atoms with van der Waals surface area (Å²) in [6.07, 6.45) is 0. The molecule has 0 saturated carbocycles. The molecule has 1 fully saturated rings. The SMILES string of the molecule is O=S(=O)(Cc1cc(N2CCOCC2)nc(-c2scc3ccccc23)n1)c1ccccc1. The lowest BCUT2D eigenvalue weighted by molar-refractivity contribution is 0.122. The Balaban J connectivity index is 1.60. The molecule has 1 saturated heterocycles. The van der Waals surface area contributed by atoms with Crippen molar-refractivity contribution in [1.29, 1.82) is 0 Å². The van der Waals surface area contributed by atoms with Crippen LogP contribution in [0.3, 0.4) is 0 Å². The van der Waals surface area contributed by atoms with Crippen molar-refractivity contribution in [2.24, 2.45) is 0 Å².